The predicted molar refractivity (Wildman–Crippen MR) is 94.0 cm³/mol. The quantitative estimate of drug-likeness (QED) is 0.813. The maximum absolute atomic E-state index is 12.1. The van der Waals surface area contributed by atoms with E-state index in [1.807, 2.05) is 17.0 Å². The minimum Gasteiger partial charge on any atom is -0.386 e. The Bertz CT molecular complexity index is 682. The Morgan fingerprint density at radius 2 is 2.12 bits per heavy atom. The van der Waals surface area contributed by atoms with Gasteiger partial charge in [-0.2, -0.15) is 0 Å². The zero-order valence-electron chi connectivity index (χ0n) is 14.1. The number of nitrogens with one attached hydrogen (secondary N) is 1. The van der Waals surface area contributed by atoms with E-state index >= 15 is 0 Å². The number of carbonyl (C=O) groups excluding carboxylic acids is 1. The molecule has 2 N–H and O–H groups in total. The van der Waals surface area contributed by atoms with Crippen molar-refractivity contribution in [1.29, 1.82) is 0 Å². The summed E-state index contributed by atoms with van der Waals surface area (Å²) in [5.41, 5.74) is 0.0722. The van der Waals surface area contributed by atoms with Crippen LogP contribution in [0.5, 0.6) is 0 Å². The fourth-order valence-corrected chi connectivity index (χ4v) is 3.04. The number of rotatable bonds is 6. The van der Waals surface area contributed by atoms with E-state index in [0.717, 1.165) is 18.5 Å². The smallest absolute Gasteiger partial charge is 0.225 e. The minimum atomic E-state index is -0.957. The van der Waals surface area contributed by atoms with E-state index in [-0.39, 0.29) is 12.5 Å². The van der Waals surface area contributed by atoms with Gasteiger partial charge in [0.1, 0.15) is 0 Å². The van der Waals surface area contributed by atoms with Crippen LogP contribution in [0.1, 0.15) is 24.8 Å². The Morgan fingerprint density at radius 3 is 2.88 bits per heavy atom. The van der Waals surface area contributed by atoms with Crippen LogP contribution in [0.2, 0.25) is 0 Å². The number of pyridine rings is 1. The summed E-state index contributed by atoms with van der Waals surface area (Å²) in [6, 6.07) is 5.58. The second-order valence-corrected chi connectivity index (χ2v) is 6.44. The zero-order chi connectivity index (χ0) is 17.5. The Labute approximate surface area is 147 Å². The highest BCUT2D eigenvalue weighted by atomic mass is 16.3. The molecule has 0 spiro atoms. The normalized spacial score (nSPS) is 20.3. The highest BCUT2D eigenvalue weighted by molar-refractivity contribution is 5.76. The van der Waals surface area contributed by atoms with E-state index in [9.17, 15) is 9.90 Å². The molecule has 3 heterocycles. The molecule has 1 aliphatic heterocycles. The van der Waals surface area contributed by atoms with Crippen molar-refractivity contribution < 1.29 is 9.90 Å². The summed E-state index contributed by atoms with van der Waals surface area (Å²) in [6.45, 7) is 1.46. The van der Waals surface area contributed by atoms with E-state index in [1.54, 1.807) is 30.9 Å². The van der Waals surface area contributed by atoms with Crippen LogP contribution in [0, 0.1) is 0 Å². The summed E-state index contributed by atoms with van der Waals surface area (Å²) in [7, 11) is 0. The lowest BCUT2D eigenvalue weighted by atomic mass is 9.93. The molecule has 0 radical (unpaired) electrons. The number of hydrogen-bond acceptors (Lipinski definition) is 6. The summed E-state index contributed by atoms with van der Waals surface area (Å²) in [5, 5.41) is 13.7. The van der Waals surface area contributed by atoms with Gasteiger partial charge in [-0.3, -0.25) is 9.78 Å². The fourth-order valence-electron chi connectivity index (χ4n) is 3.04. The molecule has 1 amide bonds. The van der Waals surface area contributed by atoms with Crippen molar-refractivity contribution in [3.05, 3.63) is 48.5 Å². The van der Waals surface area contributed by atoms with Crippen LogP contribution in [0.3, 0.4) is 0 Å². The van der Waals surface area contributed by atoms with E-state index < -0.39 is 5.60 Å². The molecule has 1 saturated heterocycles. The Kier molecular flexibility index (Phi) is 5.55. The van der Waals surface area contributed by atoms with Crippen LogP contribution in [0.15, 0.2) is 43.0 Å². The molecule has 0 saturated carbocycles. The number of aryl methyl sites for hydroxylation is 1. The topological polar surface area (TPSA) is 91.2 Å². The average molecular weight is 341 g/mol. The third-order valence-corrected chi connectivity index (χ3v) is 4.37. The average Bonchev–Trinajstić information content (AvgIpc) is 2.66. The van der Waals surface area contributed by atoms with Gasteiger partial charge in [-0.1, -0.05) is 6.07 Å². The van der Waals surface area contributed by atoms with E-state index in [1.165, 1.54) is 0 Å². The lowest BCUT2D eigenvalue weighted by Gasteiger charge is -2.39. The molecule has 0 unspecified atom stereocenters. The van der Waals surface area contributed by atoms with Gasteiger partial charge in [0.15, 0.2) is 0 Å². The van der Waals surface area contributed by atoms with Crippen LogP contribution in [-0.4, -0.2) is 51.2 Å². The van der Waals surface area contributed by atoms with Gasteiger partial charge in [0.25, 0.3) is 0 Å². The molecule has 132 valence electrons. The number of piperidine rings is 1. The first-order valence-electron chi connectivity index (χ1n) is 8.55. The molecule has 0 aromatic carbocycles. The lowest BCUT2D eigenvalue weighted by Crippen LogP contribution is -2.54. The summed E-state index contributed by atoms with van der Waals surface area (Å²) in [6.07, 6.45) is 9.37. The molecular weight excluding hydrogens is 318 g/mol. The molecule has 7 nitrogen and oxygen atoms in total. The SMILES string of the molecule is O=C(CCc1cccnc1)NC[C@@]1(O)CCCN(c2ncccn2)C1. The first kappa shape index (κ1) is 17.3. The third-order valence-electron chi connectivity index (χ3n) is 4.37. The van der Waals surface area contributed by atoms with Crippen LogP contribution < -0.4 is 10.2 Å². The molecule has 2 aromatic heterocycles. The number of carbonyl (C=O) groups is 1. The van der Waals surface area contributed by atoms with Gasteiger partial charge in [-0.05, 0) is 37.0 Å². The van der Waals surface area contributed by atoms with Gasteiger partial charge >= 0.3 is 0 Å². The van der Waals surface area contributed by atoms with Crippen LogP contribution in [0.25, 0.3) is 0 Å². The molecule has 1 fully saturated rings. The second-order valence-electron chi connectivity index (χ2n) is 6.44. The van der Waals surface area contributed by atoms with Crippen LogP contribution in [-0.2, 0) is 11.2 Å². The maximum atomic E-state index is 12.1. The minimum absolute atomic E-state index is 0.0645. The Hall–Kier alpha value is -2.54. The predicted octanol–water partition coefficient (Wildman–Crippen LogP) is 0.952. The number of anilines is 1. The van der Waals surface area contributed by atoms with E-state index in [2.05, 4.69) is 20.3 Å². The first-order valence-corrected chi connectivity index (χ1v) is 8.55. The zero-order valence-corrected chi connectivity index (χ0v) is 14.1. The number of nitrogens with zero attached hydrogens (tertiary/aromatic N) is 4. The second kappa shape index (κ2) is 8.02. The molecule has 0 bridgehead atoms. The molecule has 3 rings (SSSR count). The lowest BCUT2D eigenvalue weighted by molar-refractivity contribution is -0.122. The summed E-state index contributed by atoms with van der Waals surface area (Å²) >= 11 is 0. The highest BCUT2D eigenvalue weighted by Gasteiger charge is 2.34. The fraction of sp³-hybridized carbons (Fsp3) is 0.444. The maximum Gasteiger partial charge on any atom is 0.225 e. The molecule has 0 aliphatic carbocycles. The third kappa shape index (κ3) is 4.96. The van der Waals surface area contributed by atoms with Crippen molar-refractivity contribution in [3.8, 4) is 0 Å². The standard InChI is InChI=1S/C18H23N5O2/c24-16(6-5-15-4-1-8-19-12-15)22-13-18(25)7-2-11-23(14-18)17-20-9-3-10-21-17/h1,3-4,8-10,12,25H,2,5-7,11,13-14H2,(H,22,24)/t18-/m0/s1. The number of aromatic nitrogens is 3. The summed E-state index contributed by atoms with van der Waals surface area (Å²) in [5.74, 6) is 0.550. The highest BCUT2D eigenvalue weighted by Crippen LogP contribution is 2.23. The Balaban J connectivity index is 1.48. The largest absolute Gasteiger partial charge is 0.386 e. The van der Waals surface area contributed by atoms with Gasteiger partial charge in [0, 0.05) is 44.3 Å². The van der Waals surface area contributed by atoms with Gasteiger partial charge in [-0.25, -0.2) is 9.97 Å². The summed E-state index contributed by atoms with van der Waals surface area (Å²) in [4.78, 5) is 26.5. The molecule has 25 heavy (non-hydrogen) atoms. The van der Waals surface area contributed by atoms with Gasteiger partial charge in [-0.15, -0.1) is 0 Å². The molecule has 7 heteroatoms. The number of aliphatic hydroxyl groups is 1. The number of β-amino-alcohol motifs (C(OH)–C–C–N with tert-alkyl or cyclic N) is 1. The van der Waals surface area contributed by atoms with E-state index in [4.69, 9.17) is 0 Å². The van der Waals surface area contributed by atoms with Crippen molar-refractivity contribution in [3.63, 3.8) is 0 Å². The molecule has 2 aromatic rings. The molecular formula is C18H23N5O2. The Morgan fingerprint density at radius 1 is 1.28 bits per heavy atom. The monoisotopic (exact) mass is 341 g/mol. The number of amides is 1. The molecule has 1 aliphatic rings. The van der Waals surface area contributed by atoms with Crippen molar-refractivity contribution in [2.75, 3.05) is 24.5 Å². The van der Waals surface area contributed by atoms with Crippen molar-refractivity contribution in [2.24, 2.45) is 0 Å². The van der Waals surface area contributed by atoms with Crippen LogP contribution in [0.4, 0.5) is 5.95 Å². The first-order chi connectivity index (χ1) is 12.1. The van der Waals surface area contributed by atoms with Gasteiger partial charge in [0.05, 0.1) is 12.1 Å². The van der Waals surface area contributed by atoms with Crippen molar-refractivity contribution in [2.45, 2.75) is 31.3 Å². The number of hydrogen-bond donors (Lipinski definition) is 2. The van der Waals surface area contributed by atoms with Crippen molar-refractivity contribution >= 4 is 11.9 Å². The summed E-state index contributed by atoms with van der Waals surface area (Å²) < 4.78 is 0. The van der Waals surface area contributed by atoms with Crippen LogP contribution >= 0.6 is 0 Å². The molecule has 1 atom stereocenters. The van der Waals surface area contributed by atoms with Crippen molar-refractivity contribution in [1.82, 2.24) is 20.3 Å². The van der Waals surface area contributed by atoms with Gasteiger partial charge in [0.2, 0.25) is 11.9 Å². The van der Waals surface area contributed by atoms with Gasteiger partial charge < -0.3 is 15.3 Å². The van der Waals surface area contributed by atoms with E-state index in [0.29, 0.717) is 31.8 Å².